The van der Waals surface area contributed by atoms with Gasteiger partial charge in [-0.15, -0.1) is 0 Å². The largest absolute Gasteiger partial charge is 0.493 e. The number of carboxylic acid groups (broad SMARTS) is 2. The molecule has 0 fully saturated rings. The van der Waals surface area contributed by atoms with E-state index in [2.05, 4.69) is 5.32 Å². The molecule has 266 valence electrons. The zero-order chi connectivity index (χ0) is 36.6. The molecule has 0 bridgehead atoms. The molecule has 1 heterocycles. The van der Waals surface area contributed by atoms with Crippen LogP contribution in [0.15, 0.2) is 84.9 Å². The second kappa shape index (κ2) is 19.3. The summed E-state index contributed by atoms with van der Waals surface area (Å²) in [5.74, 6) is -2.72. The van der Waals surface area contributed by atoms with Crippen LogP contribution < -0.4 is 14.8 Å². The van der Waals surface area contributed by atoms with Gasteiger partial charge in [-0.2, -0.15) is 0 Å². The number of rotatable bonds is 14. The number of hydrogen-bond donors (Lipinski definition) is 3. The number of methoxy groups -OCH3 is 3. The number of fused-ring (bicyclic) bond motifs is 1. The molecule has 1 aliphatic heterocycles. The lowest BCUT2D eigenvalue weighted by Crippen LogP contribution is -2.56. The Kier molecular flexibility index (Phi) is 15.0. The number of carboxylic acids is 2. The van der Waals surface area contributed by atoms with E-state index in [-0.39, 0.29) is 25.5 Å². The standard InChI is InChI=1S/C33H38N2O7.C4H4O4/c1-22(34-27(32(37)41-4)16-15-23-11-7-5-8-12-23)31(36)35-20-26-19-30(40-3)29(39-2)18-25(26)17-28(35)33(38)42-21-24-13-9-6-10-14-24;5-3(6)1-2-4(7)8/h5-14,18-19,22,27-28,34H,15-17,20-21H2,1-4H3;1-2H,(H,5,6)(H,7,8)/b;2-1-/t22-,27+,28-;/m0./s1. The summed E-state index contributed by atoms with van der Waals surface area (Å²) in [5.41, 5.74) is 3.63. The summed E-state index contributed by atoms with van der Waals surface area (Å²) >= 11 is 0. The van der Waals surface area contributed by atoms with Crippen LogP contribution in [0.1, 0.15) is 35.6 Å². The van der Waals surface area contributed by atoms with Gasteiger partial charge in [0.1, 0.15) is 18.7 Å². The van der Waals surface area contributed by atoms with Crippen molar-refractivity contribution in [2.45, 2.75) is 57.5 Å². The van der Waals surface area contributed by atoms with Gasteiger partial charge < -0.3 is 34.1 Å². The summed E-state index contributed by atoms with van der Waals surface area (Å²) in [6.07, 6.45) is 2.43. The highest BCUT2D eigenvalue weighted by molar-refractivity contribution is 5.90. The maximum absolute atomic E-state index is 13.9. The van der Waals surface area contributed by atoms with Crippen molar-refractivity contribution in [3.63, 3.8) is 0 Å². The Morgan fingerprint density at radius 1 is 0.840 bits per heavy atom. The molecule has 3 N–H and O–H groups in total. The minimum Gasteiger partial charge on any atom is -0.493 e. The molecule has 3 aromatic rings. The summed E-state index contributed by atoms with van der Waals surface area (Å²) < 4.78 is 21.7. The lowest BCUT2D eigenvalue weighted by molar-refractivity contribution is -0.158. The van der Waals surface area contributed by atoms with Crippen molar-refractivity contribution in [3.8, 4) is 11.5 Å². The highest BCUT2D eigenvalue weighted by Gasteiger charge is 2.39. The first-order valence-electron chi connectivity index (χ1n) is 15.7. The smallest absolute Gasteiger partial charge is 0.329 e. The minimum atomic E-state index is -1.26. The van der Waals surface area contributed by atoms with Crippen molar-refractivity contribution in [2.75, 3.05) is 21.3 Å². The van der Waals surface area contributed by atoms with Crippen LogP contribution in [-0.2, 0) is 59.4 Å². The average Bonchev–Trinajstić information content (AvgIpc) is 3.13. The van der Waals surface area contributed by atoms with Crippen molar-refractivity contribution in [1.29, 1.82) is 0 Å². The number of aryl methyl sites for hydroxylation is 1. The number of ether oxygens (including phenoxy) is 4. The summed E-state index contributed by atoms with van der Waals surface area (Å²) in [7, 11) is 4.43. The van der Waals surface area contributed by atoms with Gasteiger partial charge in [0, 0.05) is 25.1 Å². The van der Waals surface area contributed by atoms with Crippen molar-refractivity contribution in [2.24, 2.45) is 0 Å². The molecule has 1 aliphatic rings. The van der Waals surface area contributed by atoms with Gasteiger partial charge >= 0.3 is 23.9 Å². The van der Waals surface area contributed by atoms with E-state index >= 15 is 0 Å². The number of esters is 2. The molecule has 13 nitrogen and oxygen atoms in total. The maximum atomic E-state index is 13.9. The summed E-state index contributed by atoms with van der Waals surface area (Å²) in [5, 5.41) is 18.8. The average molecular weight is 691 g/mol. The molecule has 4 rings (SSSR count). The number of hydrogen-bond acceptors (Lipinski definition) is 10. The van der Waals surface area contributed by atoms with Crippen LogP contribution in [0.4, 0.5) is 0 Å². The first-order valence-corrected chi connectivity index (χ1v) is 15.7. The first-order chi connectivity index (χ1) is 24.0. The van der Waals surface area contributed by atoms with Gasteiger partial charge in [-0.1, -0.05) is 60.7 Å². The molecule has 0 radical (unpaired) electrons. The van der Waals surface area contributed by atoms with E-state index in [0.29, 0.717) is 36.5 Å². The normalized spacial score (nSPS) is 14.6. The summed E-state index contributed by atoms with van der Waals surface area (Å²) in [4.78, 5) is 60.7. The molecule has 0 aliphatic carbocycles. The van der Waals surface area contributed by atoms with Crippen molar-refractivity contribution < 1.29 is 53.1 Å². The number of aliphatic carboxylic acids is 2. The fourth-order valence-electron chi connectivity index (χ4n) is 5.31. The molecule has 0 unspecified atom stereocenters. The van der Waals surface area contributed by atoms with Crippen LogP contribution in [0, 0.1) is 0 Å². The molecule has 0 saturated carbocycles. The first kappa shape index (κ1) is 38.8. The molecular formula is C37H42N2O11. The van der Waals surface area contributed by atoms with Crippen LogP contribution in [0.3, 0.4) is 0 Å². The number of benzene rings is 3. The zero-order valence-electron chi connectivity index (χ0n) is 28.4. The predicted molar refractivity (Wildman–Crippen MR) is 181 cm³/mol. The fourth-order valence-corrected chi connectivity index (χ4v) is 5.31. The Hall–Kier alpha value is -5.69. The second-order valence-corrected chi connectivity index (χ2v) is 11.3. The topological polar surface area (TPSA) is 178 Å². The fraction of sp³-hybridized carbons (Fsp3) is 0.324. The quantitative estimate of drug-likeness (QED) is 0.166. The number of nitrogens with one attached hydrogen (secondary N) is 1. The zero-order valence-corrected chi connectivity index (χ0v) is 28.4. The summed E-state index contributed by atoms with van der Waals surface area (Å²) in [6, 6.07) is 20.5. The van der Waals surface area contributed by atoms with Gasteiger partial charge in [0.05, 0.1) is 27.4 Å². The van der Waals surface area contributed by atoms with Gasteiger partial charge in [0.15, 0.2) is 11.5 Å². The molecule has 0 spiro atoms. The third-order valence-corrected chi connectivity index (χ3v) is 7.86. The molecule has 0 saturated heterocycles. The Balaban J connectivity index is 0.000000753. The van der Waals surface area contributed by atoms with Gasteiger partial charge in [-0.3, -0.25) is 14.9 Å². The number of nitrogens with zero attached hydrogens (tertiary/aromatic N) is 1. The van der Waals surface area contributed by atoms with Crippen molar-refractivity contribution >= 4 is 29.8 Å². The van der Waals surface area contributed by atoms with Gasteiger partial charge in [0.25, 0.3) is 0 Å². The summed E-state index contributed by atoms with van der Waals surface area (Å²) in [6.45, 7) is 1.95. The third-order valence-electron chi connectivity index (χ3n) is 7.86. The van der Waals surface area contributed by atoms with E-state index in [9.17, 15) is 24.0 Å². The van der Waals surface area contributed by atoms with E-state index < -0.39 is 42.0 Å². The maximum Gasteiger partial charge on any atom is 0.329 e. The van der Waals surface area contributed by atoms with Gasteiger partial charge in [-0.25, -0.2) is 14.4 Å². The van der Waals surface area contributed by atoms with E-state index in [0.717, 1.165) is 22.3 Å². The third kappa shape index (κ3) is 11.5. The molecular weight excluding hydrogens is 648 g/mol. The van der Waals surface area contributed by atoms with E-state index in [1.54, 1.807) is 21.1 Å². The van der Waals surface area contributed by atoms with Crippen LogP contribution in [0.5, 0.6) is 11.5 Å². The van der Waals surface area contributed by atoms with Crippen LogP contribution >= 0.6 is 0 Å². The minimum absolute atomic E-state index is 0.0920. The monoisotopic (exact) mass is 690 g/mol. The Morgan fingerprint density at radius 2 is 1.38 bits per heavy atom. The van der Waals surface area contributed by atoms with Gasteiger partial charge in [-0.05, 0) is 54.2 Å². The SMILES string of the molecule is COC(=O)[C@@H](CCc1ccccc1)N[C@@H](C)C(=O)N1Cc2cc(OC)c(OC)cc2C[C@H]1C(=O)OCc1ccccc1.O=C(O)/C=C\C(=O)O. The van der Waals surface area contributed by atoms with Gasteiger partial charge in [0.2, 0.25) is 5.91 Å². The van der Waals surface area contributed by atoms with Crippen molar-refractivity contribution in [1.82, 2.24) is 10.2 Å². The van der Waals surface area contributed by atoms with Crippen molar-refractivity contribution in [3.05, 3.63) is 107 Å². The number of carbonyl (C=O) groups is 5. The lowest BCUT2D eigenvalue weighted by Gasteiger charge is -2.37. The molecule has 0 aromatic heterocycles. The Morgan fingerprint density at radius 3 is 1.90 bits per heavy atom. The molecule has 3 atom stereocenters. The van der Waals surface area contributed by atoms with Crippen LogP contribution in [0.25, 0.3) is 0 Å². The highest BCUT2D eigenvalue weighted by Crippen LogP contribution is 2.35. The van der Waals surface area contributed by atoms with E-state index in [4.69, 9.17) is 29.2 Å². The predicted octanol–water partition coefficient (Wildman–Crippen LogP) is 3.56. The highest BCUT2D eigenvalue weighted by atomic mass is 16.5. The molecule has 1 amide bonds. The van der Waals surface area contributed by atoms with Crippen LogP contribution in [-0.4, -0.2) is 84.4 Å². The lowest BCUT2D eigenvalue weighted by atomic mass is 9.92. The van der Waals surface area contributed by atoms with E-state index in [1.807, 2.05) is 72.8 Å². The number of carbonyl (C=O) groups excluding carboxylic acids is 3. The molecule has 13 heteroatoms. The Labute approximate surface area is 290 Å². The molecule has 3 aromatic carbocycles. The Bertz CT molecular complexity index is 1630. The number of amides is 1. The molecule has 50 heavy (non-hydrogen) atoms. The van der Waals surface area contributed by atoms with E-state index in [1.165, 1.54) is 12.0 Å². The van der Waals surface area contributed by atoms with Crippen LogP contribution in [0.2, 0.25) is 0 Å². The second-order valence-electron chi connectivity index (χ2n) is 11.3.